The van der Waals surface area contributed by atoms with E-state index in [0.29, 0.717) is 0 Å². The molecule has 0 aliphatic carbocycles. The molecule has 0 rings (SSSR count). The average molecular weight is 390 g/mol. The number of aliphatic hydroxyl groups excluding tert-OH is 2. The van der Waals surface area contributed by atoms with Gasteiger partial charge in [0, 0.05) is 5.75 Å². The third kappa shape index (κ3) is 14.6. The van der Waals surface area contributed by atoms with Gasteiger partial charge in [-0.05, 0) is 12.8 Å². The van der Waals surface area contributed by atoms with E-state index in [1.165, 1.54) is 69.5 Å². The Hall–Kier alpha value is -0.560. The molecule has 3 unspecified atom stereocenters. The van der Waals surface area contributed by atoms with Gasteiger partial charge in [0.2, 0.25) is 0 Å². The molecule has 0 amide bonds. The summed E-state index contributed by atoms with van der Waals surface area (Å²) in [5.74, 6) is -0.844. The van der Waals surface area contributed by atoms with Crippen LogP contribution < -0.4 is 5.73 Å². The zero-order valence-electron chi connectivity index (χ0n) is 16.3. The summed E-state index contributed by atoms with van der Waals surface area (Å²) >= 11 is 1.27. The first-order valence-electron chi connectivity index (χ1n) is 10.1. The molecule has 0 aromatic carbocycles. The minimum Gasteiger partial charge on any atom is -0.480 e. The predicted molar refractivity (Wildman–Crippen MR) is 111 cm³/mol. The number of aliphatic carboxylic acids is 1. The second-order valence-electron chi connectivity index (χ2n) is 6.89. The van der Waals surface area contributed by atoms with Gasteiger partial charge in [-0.2, -0.15) is 0 Å². The average Bonchev–Trinajstić information content (AvgIpc) is 2.63. The van der Waals surface area contributed by atoms with Crippen LogP contribution in [0, 0.1) is 0 Å². The molecule has 5 nitrogen and oxygen atoms in total. The van der Waals surface area contributed by atoms with Gasteiger partial charge in [-0.25, -0.2) is 0 Å². The first-order valence-corrected chi connectivity index (χ1v) is 11.1. The van der Waals surface area contributed by atoms with Crippen LogP contribution in [0.4, 0.5) is 0 Å². The van der Waals surface area contributed by atoms with Gasteiger partial charge < -0.3 is 21.1 Å². The van der Waals surface area contributed by atoms with Gasteiger partial charge in [0.1, 0.15) is 6.04 Å². The molecule has 0 aromatic rings. The molecular formula is C20H39NO4S. The molecule has 26 heavy (non-hydrogen) atoms. The number of carbonyl (C=O) groups is 1. The predicted octanol–water partition coefficient (Wildman–Crippen LogP) is 3.72. The Kier molecular flexibility index (Phi) is 17.4. The van der Waals surface area contributed by atoms with E-state index in [1.54, 1.807) is 0 Å². The van der Waals surface area contributed by atoms with E-state index in [1.807, 2.05) is 12.2 Å². The van der Waals surface area contributed by atoms with Crippen molar-refractivity contribution >= 4 is 17.7 Å². The summed E-state index contributed by atoms with van der Waals surface area (Å²) in [5.41, 5.74) is 5.49. The molecule has 5 N–H and O–H groups in total. The molecule has 154 valence electrons. The van der Waals surface area contributed by atoms with Gasteiger partial charge in [0.25, 0.3) is 0 Å². The van der Waals surface area contributed by atoms with Crippen LogP contribution in [0.25, 0.3) is 0 Å². The molecule has 0 saturated carbocycles. The standard InChI is InChI=1S/C20H39NO4S/c1-2-3-4-5-6-7-8-9-10-11-12-13-14-19(18(23)15-22)26-16-17(21)20(24)25/h13-14,17-19,22-23H,2-12,15-16,21H2,1H3,(H,24,25)/b14-13-. The first kappa shape index (κ1) is 25.4. The lowest BCUT2D eigenvalue weighted by Gasteiger charge is -2.18. The molecular weight excluding hydrogens is 350 g/mol. The maximum atomic E-state index is 10.8. The van der Waals surface area contributed by atoms with Gasteiger partial charge >= 0.3 is 5.97 Å². The van der Waals surface area contributed by atoms with Crippen molar-refractivity contribution in [2.45, 2.75) is 94.9 Å². The largest absolute Gasteiger partial charge is 0.480 e. The molecule has 0 aliphatic heterocycles. The topological polar surface area (TPSA) is 104 Å². The Morgan fingerprint density at radius 2 is 1.58 bits per heavy atom. The number of aliphatic hydroxyl groups is 2. The summed E-state index contributed by atoms with van der Waals surface area (Å²) in [5, 5.41) is 27.4. The van der Waals surface area contributed by atoms with Crippen LogP contribution in [0.3, 0.4) is 0 Å². The van der Waals surface area contributed by atoms with E-state index >= 15 is 0 Å². The third-order valence-corrected chi connectivity index (χ3v) is 5.81. The Balaban J connectivity index is 3.80. The SMILES string of the molecule is CCCCCCCCCCCC/C=C\C(SCC(N)C(=O)O)C(O)CO. The summed E-state index contributed by atoms with van der Waals surface area (Å²) in [6.07, 6.45) is 16.9. The van der Waals surface area contributed by atoms with Crippen molar-refractivity contribution < 1.29 is 20.1 Å². The lowest BCUT2D eigenvalue weighted by molar-refractivity contribution is -0.137. The van der Waals surface area contributed by atoms with Crippen LogP contribution in [0.1, 0.15) is 77.6 Å². The van der Waals surface area contributed by atoms with Crippen LogP contribution in [-0.4, -0.2) is 51.0 Å². The maximum Gasteiger partial charge on any atom is 0.321 e. The van der Waals surface area contributed by atoms with Crippen LogP contribution in [0.5, 0.6) is 0 Å². The molecule has 0 spiro atoms. The highest BCUT2D eigenvalue weighted by Crippen LogP contribution is 2.18. The number of rotatable bonds is 18. The fraction of sp³-hybridized carbons (Fsp3) is 0.850. The Bertz CT molecular complexity index is 366. The lowest BCUT2D eigenvalue weighted by Crippen LogP contribution is -2.35. The summed E-state index contributed by atoms with van der Waals surface area (Å²) in [6.45, 7) is 1.90. The first-order chi connectivity index (χ1) is 12.5. The summed E-state index contributed by atoms with van der Waals surface area (Å²) in [4.78, 5) is 10.8. The molecule has 3 atom stereocenters. The Labute approximate surface area is 163 Å². The Morgan fingerprint density at radius 3 is 2.08 bits per heavy atom. The van der Waals surface area contributed by atoms with Crippen LogP contribution in [-0.2, 0) is 4.79 Å². The zero-order chi connectivity index (χ0) is 19.6. The number of allylic oxidation sites excluding steroid dienone is 1. The molecule has 0 saturated heterocycles. The summed E-state index contributed by atoms with van der Waals surface area (Å²) in [7, 11) is 0. The maximum absolute atomic E-state index is 10.8. The van der Waals surface area contributed by atoms with Crippen molar-refractivity contribution in [1.82, 2.24) is 0 Å². The fourth-order valence-electron chi connectivity index (χ4n) is 2.66. The Morgan fingerprint density at radius 1 is 1.04 bits per heavy atom. The second-order valence-corrected chi connectivity index (χ2v) is 8.10. The van der Waals surface area contributed by atoms with Crippen molar-refractivity contribution in [2.75, 3.05) is 12.4 Å². The molecule has 0 bridgehead atoms. The van der Waals surface area contributed by atoms with Gasteiger partial charge in [-0.3, -0.25) is 4.79 Å². The zero-order valence-corrected chi connectivity index (χ0v) is 17.1. The minimum absolute atomic E-state index is 0.208. The number of thioether (sulfide) groups is 1. The van der Waals surface area contributed by atoms with Gasteiger partial charge in [0.05, 0.1) is 18.0 Å². The van der Waals surface area contributed by atoms with Crippen molar-refractivity contribution in [3.63, 3.8) is 0 Å². The van der Waals surface area contributed by atoms with Crippen LogP contribution in [0.2, 0.25) is 0 Å². The van der Waals surface area contributed by atoms with E-state index in [0.717, 1.165) is 12.8 Å². The quantitative estimate of drug-likeness (QED) is 0.210. The lowest BCUT2D eigenvalue weighted by atomic mass is 10.1. The molecule has 0 heterocycles. The number of hydrogen-bond donors (Lipinski definition) is 4. The van der Waals surface area contributed by atoms with Gasteiger partial charge in [-0.15, -0.1) is 11.8 Å². The molecule has 0 fully saturated rings. The third-order valence-electron chi connectivity index (χ3n) is 4.40. The highest BCUT2D eigenvalue weighted by atomic mass is 32.2. The van der Waals surface area contributed by atoms with Crippen molar-refractivity contribution in [3.05, 3.63) is 12.2 Å². The normalized spacial score (nSPS) is 15.2. The molecule has 0 radical (unpaired) electrons. The smallest absolute Gasteiger partial charge is 0.321 e. The van der Waals surface area contributed by atoms with Crippen LogP contribution in [0.15, 0.2) is 12.2 Å². The second kappa shape index (κ2) is 17.8. The van der Waals surface area contributed by atoms with Gasteiger partial charge in [0.15, 0.2) is 0 Å². The van der Waals surface area contributed by atoms with Crippen molar-refractivity contribution in [3.8, 4) is 0 Å². The number of carboxylic acid groups (broad SMARTS) is 1. The van der Waals surface area contributed by atoms with Crippen LogP contribution >= 0.6 is 11.8 Å². The minimum atomic E-state index is -1.05. The van der Waals surface area contributed by atoms with E-state index in [2.05, 4.69) is 6.92 Å². The monoisotopic (exact) mass is 389 g/mol. The van der Waals surface area contributed by atoms with E-state index in [9.17, 15) is 9.90 Å². The number of nitrogens with two attached hydrogens (primary N) is 1. The summed E-state index contributed by atoms with van der Waals surface area (Å²) < 4.78 is 0. The van der Waals surface area contributed by atoms with Crippen molar-refractivity contribution in [1.29, 1.82) is 0 Å². The molecule has 0 aliphatic rings. The highest BCUT2D eigenvalue weighted by Gasteiger charge is 2.19. The number of hydrogen-bond acceptors (Lipinski definition) is 5. The van der Waals surface area contributed by atoms with E-state index < -0.39 is 18.1 Å². The molecule has 6 heteroatoms. The van der Waals surface area contributed by atoms with Gasteiger partial charge in [-0.1, -0.05) is 76.9 Å². The number of unbranched alkanes of at least 4 members (excludes halogenated alkanes) is 10. The number of carboxylic acids is 1. The highest BCUT2D eigenvalue weighted by molar-refractivity contribution is 8.00. The van der Waals surface area contributed by atoms with E-state index in [-0.39, 0.29) is 17.6 Å². The fourth-order valence-corrected chi connectivity index (χ4v) is 3.77. The molecule has 0 aromatic heterocycles. The van der Waals surface area contributed by atoms with Crippen molar-refractivity contribution in [2.24, 2.45) is 5.73 Å². The van der Waals surface area contributed by atoms with E-state index in [4.69, 9.17) is 15.9 Å². The summed E-state index contributed by atoms with van der Waals surface area (Å²) in [6, 6.07) is -0.955.